The van der Waals surface area contributed by atoms with Crippen molar-refractivity contribution in [3.63, 3.8) is 0 Å². The highest BCUT2D eigenvalue weighted by Crippen LogP contribution is 2.39. The van der Waals surface area contributed by atoms with E-state index in [1.54, 1.807) is 12.1 Å². The van der Waals surface area contributed by atoms with E-state index in [0.29, 0.717) is 0 Å². The number of amides is 1. The maximum absolute atomic E-state index is 12.8. The summed E-state index contributed by atoms with van der Waals surface area (Å²) in [7, 11) is -4.82. The zero-order valence-corrected chi connectivity index (χ0v) is 18.8. The lowest BCUT2D eigenvalue weighted by atomic mass is 10.1. The van der Waals surface area contributed by atoms with Gasteiger partial charge >= 0.3 is 13.8 Å². The van der Waals surface area contributed by atoms with Crippen molar-refractivity contribution in [1.29, 1.82) is 0 Å². The number of phosphoric acid groups is 1. The summed E-state index contributed by atoms with van der Waals surface area (Å²) in [6, 6.07) is 6.09. The number of esters is 1. The Balaban J connectivity index is 1.58. The number of carbonyl (C=O) groups is 2. The van der Waals surface area contributed by atoms with E-state index in [1.807, 2.05) is 0 Å². The van der Waals surface area contributed by atoms with Gasteiger partial charge in [-0.2, -0.15) is 0 Å². The van der Waals surface area contributed by atoms with Gasteiger partial charge in [0, 0.05) is 6.92 Å². The van der Waals surface area contributed by atoms with Gasteiger partial charge in [0.25, 0.3) is 5.91 Å². The summed E-state index contributed by atoms with van der Waals surface area (Å²) < 4.78 is 27.2. The van der Waals surface area contributed by atoms with E-state index in [1.165, 1.54) is 30.0 Å². The van der Waals surface area contributed by atoms with Crippen molar-refractivity contribution in [1.82, 2.24) is 19.5 Å². The first-order chi connectivity index (χ1) is 16.5. The predicted molar refractivity (Wildman–Crippen MR) is 115 cm³/mol. The molecule has 0 aliphatic carbocycles. The fourth-order valence-electron chi connectivity index (χ4n) is 3.47. The summed E-state index contributed by atoms with van der Waals surface area (Å²) in [4.78, 5) is 54.2. The first-order valence-electron chi connectivity index (χ1n) is 10.0. The molecular weight excluding hydrogens is 489 g/mol. The highest BCUT2D eigenvalue weighted by Gasteiger charge is 2.45. The Hall–Kier alpha value is -3.30. The van der Waals surface area contributed by atoms with Gasteiger partial charge in [-0.25, -0.2) is 19.5 Å². The molecule has 0 spiro atoms. The van der Waals surface area contributed by atoms with Crippen LogP contribution in [0.25, 0.3) is 11.2 Å². The topological polar surface area (TPSA) is 215 Å². The van der Waals surface area contributed by atoms with E-state index in [-0.39, 0.29) is 28.3 Å². The fraction of sp³-hybridized carbons (Fsp3) is 0.316. The number of benzene rings is 1. The summed E-state index contributed by atoms with van der Waals surface area (Å²) in [6.07, 6.45) is -3.17. The summed E-state index contributed by atoms with van der Waals surface area (Å²) in [6.45, 7) is 0.526. The minimum absolute atomic E-state index is 0.00537. The van der Waals surface area contributed by atoms with Crippen molar-refractivity contribution in [2.45, 2.75) is 31.5 Å². The lowest BCUT2D eigenvalue weighted by Crippen LogP contribution is -2.33. The largest absolute Gasteiger partial charge is 0.469 e. The van der Waals surface area contributed by atoms with Crippen LogP contribution in [0.2, 0.25) is 0 Å². The Kier molecular flexibility index (Phi) is 6.91. The van der Waals surface area contributed by atoms with E-state index in [9.17, 15) is 24.4 Å². The first kappa shape index (κ1) is 24.8. The number of fused-ring (bicyclic) bond motifs is 1. The zero-order valence-electron chi connectivity index (χ0n) is 18.0. The average Bonchev–Trinajstić information content (AvgIpc) is 3.34. The molecule has 1 saturated heterocycles. The van der Waals surface area contributed by atoms with Gasteiger partial charge in [0.1, 0.15) is 30.4 Å². The minimum atomic E-state index is -4.82. The van der Waals surface area contributed by atoms with Crippen molar-refractivity contribution in [3.05, 3.63) is 42.5 Å². The average molecular weight is 509 g/mol. The summed E-state index contributed by atoms with van der Waals surface area (Å²) >= 11 is 0. The Morgan fingerprint density at radius 3 is 2.63 bits per heavy atom. The Bertz CT molecular complexity index is 1310. The molecule has 0 radical (unpaired) electrons. The number of para-hydroxylation sites is 1. The number of hydrogen-bond donors (Lipinski definition) is 5. The van der Waals surface area contributed by atoms with E-state index < -0.39 is 50.8 Å². The van der Waals surface area contributed by atoms with Crippen LogP contribution >= 0.6 is 7.82 Å². The highest BCUT2D eigenvalue weighted by atomic mass is 31.2. The SMILES string of the molecule is CC(=O)Oc1ccccc1C(=O)Nc1ncnc2c1ncn2C1O[C@H](COP(=O)(O)O)[C@@H](O)[C@H]1O. The van der Waals surface area contributed by atoms with Gasteiger partial charge in [-0.3, -0.25) is 18.7 Å². The summed E-state index contributed by atoms with van der Waals surface area (Å²) in [5.41, 5.74) is 0.307. The number of anilines is 1. The molecule has 186 valence electrons. The number of phosphoric ester groups is 1. The molecule has 1 amide bonds. The van der Waals surface area contributed by atoms with Gasteiger partial charge in [-0.15, -0.1) is 0 Å². The molecule has 3 aromatic rings. The van der Waals surface area contributed by atoms with Gasteiger partial charge in [0.2, 0.25) is 0 Å². The third-order valence-corrected chi connectivity index (χ3v) is 5.48. The van der Waals surface area contributed by atoms with Crippen molar-refractivity contribution in [3.8, 4) is 5.75 Å². The summed E-state index contributed by atoms with van der Waals surface area (Å²) in [5.74, 6) is -1.19. The molecular formula is C19H20N5O10P. The van der Waals surface area contributed by atoms with Crippen molar-refractivity contribution in [2.75, 3.05) is 11.9 Å². The maximum Gasteiger partial charge on any atom is 0.469 e. The quantitative estimate of drug-likeness (QED) is 0.158. The second kappa shape index (κ2) is 9.75. The van der Waals surface area contributed by atoms with E-state index in [0.717, 1.165) is 6.33 Å². The van der Waals surface area contributed by atoms with Gasteiger partial charge in [0.05, 0.1) is 18.5 Å². The minimum Gasteiger partial charge on any atom is -0.426 e. The molecule has 1 fully saturated rings. The summed E-state index contributed by atoms with van der Waals surface area (Å²) in [5, 5.41) is 23.2. The number of aliphatic hydroxyl groups is 2. The van der Waals surface area contributed by atoms with E-state index in [4.69, 9.17) is 19.3 Å². The van der Waals surface area contributed by atoms with E-state index >= 15 is 0 Å². The molecule has 1 aromatic carbocycles. The Morgan fingerprint density at radius 2 is 1.91 bits per heavy atom. The van der Waals surface area contributed by atoms with Crippen LogP contribution < -0.4 is 10.1 Å². The molecule has 1 aliphatic rings. The number of hydrogen-bond acceptors (Lipinski definition) is 11. The normalized spacial score (nSPS) is 22.3. The van der Waals surface area contributed by atoms with Crippen LogP contribution in [0, 0.1) is 0 Å². The third-order valence-electron chi connectivity index (χ3n) is 4.99. The molecule has 15 nitrogen and oxygen atoms in total. The zero-order chi connectivity index (χ0) is 25.3. The smallest absolute Gasteiger partial charge is 0.426 e. The van der Waals surface area contributed by atoms with Crippen LogP contribution in [0.1, 0.15) is 23.5 Å². The second-order valence-electron chi connectivity index (χ2n) is 7.42. The lowest BCUT2D eigenvalue weighted by molar-refractivity contribution is -0.131. The molecule has 5 N–H and O–H groups in total. The van der Waals surface area contributed by atoms with Crippen molar-refractivity contribution < 1.29 is 48.2 Å². The number of carbonyl (C=O) groups excluding carboxylic acids is 2. The van der Waals surface area contributed by atoms with Crippen LogP contribution in [0.15, 0.2) is 36.9 Å². The maximum atomic E-state index is 12.8. The van der Waals surface area contributed by atoms with Crippen molar-refractivity contribution in [2.24, 2.45) is 0 Å². The van der Waals surface area contributed by atoms with Gasteiger partial charge in [0.15, 0.2) is 23.2 Å². The predicted octanol–water partition coefficient (Wildman–Crippen LogP) is -0.268. The molecule has 35 heavy (non-hydrogen) atoms. The number of nitrogens with zero attached hydrogens (tertiary/aromatic N) is 4. The fourth-order valence-corrected chi connectivity index (χ4v) is 3.81. The van der Waals surface area contributed by atoms with Crippen LogP contribution in [-0.4, -0.2) is 76.3 Å². The molecule has 4 atom stereocenters. The van der Waals surface area contributed by atoms with Crippen LogP contribution in [0.3, 0.4) is 0 Å². The number of nitrogens with one attached hydrogen (secondary N) is 1. The van der Waals surface area contributed by atoms with Crippen LogP contribution in [-0.2, 0) is 18.6 Å². The molecule has 0 saturated carbocycles. The van der Waals surface area contributed by atoms with Crippen LogP contribution in [0.5, 0.6) is 5.75 Å². The van der Waals surface area contributed by atoms with Crippen molar-refractivity contribution >= 4 is 36.7 Å². The second-order valence-corrected chi connectivity index (χ2v) is 8.66. The molecule has 0 bridgehead atoms. The molecule has 2 aromatic heterocycles. The molecule has 3 heterocycles. The Labute approximate surface area is 196 Å². The van der Waals surface area contributed by atoms with Gasteiger partial charge in [-0.05, 0) is 12.1 Å². The first-order valence-corrected chi connectivity index (χ1v) is 11.6. The molecule has 1 unspecified atom stereocenters. The standard InChI is InChI=1S/C19H20N5O10P/c1-9(25)33-11-5-3-2-4-10(11)18(28)23-16-13-17(21-7-20-16)24(8-22-13)19-15(27)14(26)12(34-19)6-32-35(29,30)31/h2-5,7-8,12,14-15,19,26-27H,6H2,1H3,(H2,29,30,31)(H,20,21,23,28)/t12-,14-,15-,19?/m1/s1. The number of aliphatic hydroxyl groups excluding tert-OH is 2. The van der Waals surface area contributed by atoms with E-state index in [2.05, 4.69) is 24.8 Å². The lowest BCUT2D eigenvalue weighted by Gasteiger charge is -2.16. The number of rotatable bonds is 7. The molecule has 4 rings (SSSR count). The van der Waals surface area contributed by atoms with Crippen LogP contribution in [0.4, 0.5) is 5.82 Å². The third kappa shape index (κ3) is 5.36. The molecule has 1 aliphatic heterocycles. The molecule has 16 heteroatoms. The number of imidazole rings is 1. The van der Waals surface area contributed by atoms with Gasteiger partial charge in [-0.1, -0.05) is 12.1 Å². The van der Waals surface area contributed by atoms with Gasteiger partial charge < -0.3 is 34.8 Å². The Morgan fingerprint density at radius 1 is 1.17 bits per heavy atom. The highest BCUT2D eigenvalue weighted by molar-refractivity contribution is 7.46. The number of ether oxygens (including phenoxy) is 2. The number of aromatic nitrogens is 4. The monoisotopic (exact) mass is 509 g/mol.